The summed E-state index contributed by atoms with van der Waals surface area (Å²) in [6.07, 6.45) is 0. The molecule has 2 nitrogen and oxygen atoms in total. The Morgan fingerprint density at radius 2 is 2.15 bits per heavy atom. The van der Waals surface area contributed by atoms with Crippen molar-refractivity contribution in [3.63, 3.8) is 0 Å². The largest absolute Gasteiger partial charge is 0.488 e. The minimum Gasteiger partial charge on any atom is -0.488 e. The number of hydrogen-bond donors (Lipinski definition) is 1. The van der Waals surface area contributed by atoms with Crippen molar-refractivity contribution in [2.45, 2.75) is 20.1 Å². The lowest BCUT2D eigenvalue weighted by molar-refractivity contribution is 0.302. The van der Waals surface area contributed by atoms with Gasteiger partial charge in [-0.15, -0.1) is 11.3 Å². The highest BCUT2D eigenvalue weighted by Gasteiger charge is 2.10. The van der Waals surface area contributed by atoms with E-state index in [2.05, 4.69) is 34.2 Å². The van der Waals surface area contributed by atoms with Crippen molar-refractivity contribution < 1.29 is 9.13 Å². The molecule has 0 saturated heterocycles. The van der Waals surface area contributed by atoms with Crippen molar-refractivity contribution in [1.29, 1.82) is 0 Å². The van der Waals surface area contributed by atoms with Crippen molar-refractivity contribution >= 4 is 38.9 Å². The van der Waals surface area contributed by atoms with E-state index in [0.717, 1.165) is 12.1 Å². The van der Waals surface area contributed by atoms with Crippen molar-refractivity contribution in [1.82, 2.24) is 5.32 Å². The highest BCUT2D eigenvalue weighted by molar-refractivity contribution is 9.10. The van der Waals surface area contributed by atoms with E-state index in [0.29, 0.717) is 16.8 Å². The van der Waals surface area contributed by atoms with Crippen LogP contribution in [0, 0.1) is 12.7 Å². The highest BCUT2D eigenvalue weighted by atomic mass is 79.9. The molecule has 2 rings (SSSR count). The molecule has 6 heteroatoms. The molecule has 1 heterocycles. The normalized spacial score (nSPS) is 10.8. The Labute approximate surface area is 135 Å². The molecule has 1 N–H and O–H groups in total. The van der Waals surface area contributed by atoms with Crippen LogP contribution in [0.4, 0.5) is 4.39 Å². The molecular formula is C14H14BrClFNOS. The van der Waals surface area contributed by atoms with Gasteiger partial charge in [-0.3, -0.25) is 0 Å². The van der Waals surface area contributed by atoms with E-state index in [1.54, 1.807) is 11.3 Å². The zero-order chi connectivity index (χ0) is 14.7. The minimum absolute atomic E-state index is 0.0762. The summed E-state index contributed by atoms with van der Waals surface area (Å²) in [5, 5.41) is 3.20. The summed E-state index contributed by atoms with van der Waals surface area (Å²) in [7, 11) is 1.92. The van der Waals surface area contributed by atoms with Gasteiger partial charge >= 0.3 is 0 Å². The predicted molar refractivity (Wildman–Crippen MR) is 85.3 cm³/mol. The van der Waals surface area contributed by atoms with Crippen LogP contribution >= 0.6 is 38.9 Å². The number of thiophene rings is 1. The third-order valence-electron chi connectivity index (χ3n) is 2.78. The van der Waals surface area contributed by atoms with E-state index < -0.39 is 5.82 Å². The number of rotatable bonds is 5. The molecule has 1 aromatic heterocycles. The maximum absolute atomic E-state index is 13.4. The van der Waals surface area contributed by atoms with Gasteiger partial charge in [0.15, 0.2) is 0 Å². The molecule has 0 radical (unpaired) electrons. The van der Waals surface area contributed by atoms with Gasteiger partial charge < -0.3 is 10.1 Å². The van der Waals surface area contributed by atoms with E-state index in [-0.39, 0.29) is 5.02 Å². The summed E-state index contributed by atoms with van der Waals surface area (Å²) >= 11 is 10.8. The average molecular weight is 379 g/mol. The molecule has 0 amide bonds. The number of ether oxygens (including phenoxy) is 1. The fourth-order valence-corrected chi connectivity index (χ4v) is 3.58. The maximum atomic E-state index is 13.4. The first-order valence-corrected chi connectivity index (χ1v) is 8.00. The minimum atomic E-state index is -0.484. The Balaban J connectivity index is 2.10. The molecule has 0 aliphatic rings. The Kier molecular flexibility index (Phi) is 5.43. The van der Waals surface area contributed by atoms with Crippen LogP contribution in [0.3, 0.4) is 0 Å². The number of hydrogen-bond acceptors (Lipinski definition) is 3. The van der Waals surface area contributed by atoms with Gasteiger partial charge in [0.05, 0.1) is 9.50 Å². The summed E-state index contributed by atoms with van der Waals surface area (Å²) in [5.74, 6) is -0.0320. The van der Waals surface area contributed by atoms with Gasteiger partial charge in [0.1, 0.15) is 18.2 Å². The molecule has 0 aliphatic carbocycles. The second kappa shape index (κ2) is 6.89. The summed E-state index contributed by atoms with van der Waals surface area (Å²) in [6.45, 7) is 3.30. The maximum Gasteiger partial charge on any atom is 0.145 e. The number of nitrogens with one attached hydrogen (secondary N) is 1. The molecule has 0 aliphatic heterocycles. The van der Waals surface area contributed by atoms with Crippen LogP contribution in [0.25, 0.3) is 0 Å². The van der Waals surface area contributed by atoms with Gasteiger partial charge in [-0.1, -0.05) is 11.6 Å². The van der Waals surface area contributed by atoms with Crippen LogP contribution in [0.2, 0.25) is 5.02 Å². The van der Waals surface area contributed by atoms with E-state index >= 15 is 0 Å². The van der Waals surface area contributed by atoms with Crippen LogP contribution in [0.1, 0.15) is 15.3 Å². The first kappa shape index (κ1) is 15.8. The zero-order valence-corrected chi connectivity index (χ0v) is 14.3. The molecule has 20 heavy (non-hydrogen) atoms. The van der Waals surface area contributed by atoms with Crippen molar-refractivity contribution in [2.24, 2.45) is 0 Å². The molecule has 0 atom stereocenters. The summed E-state index contributed by atoms with van der Waals surface area (Å²) < 4.78 is 19.7. The van der Waals surface area contributed by atoms with Crippen LogP contribution in [0.5, 0.6) is 5.75 Å². The first-order chi connectivity index (χ1) is 9.51. The quantitative estimate of drug-likeness (QED) is 0.746. The highest BCUT2D eigenvalue weighted by Crippen LogP contribution is 2.32. The SMILES string of the molecule is CNCc1cc(COc2cc(F)c(Cl)cc2Br)c(C)s1. The van der Waals surface area contributed by atoms with E-state index in [1.165, 1.54) is 21.9 Å². The number of benzene rings is 1. The Morgan fingerprint density at radius 3 is 2.85 bits per heavy atom. The molecule has 0 saturated carbocycles. The average Bonchev–Trinajstić information content (AvgIpc) is 2.73. The molecule has 108 valence electrons. The fourth-order valence-electron chi connectivity index (χ4n) is 1.76. The Hall–Kier alpha value is -0.620. The fraction of sp³-hybridized carbons (Fsp3) is 0.286. The van der Waals surface area contributed by atoms with Crippen LogP contribution < -0.4 is 10.1 Å². The van der Waals surface area contributed by atoms with Crippen molar-refractivity contribution in [3.05, 3.63) is 48.8 Å². The van der Waals surface area contributed by atoms with E-state index in [1.807, 2.05) is 7.05 Å². The van der Waals surface area contributed by atoms with Gasteiger partial charge in [0.2, 0.25) is 0 Å². The summed E-state index contributed by atoms with van der Waals surface area (Å²) in [6, 6.07) is 4.90. The lowest BCUT2D eigenvalue weighted by Crippen LogP contribution is -2.03. The van der Waals surface area contributed by atoms with Crippen LogP contribution in [0.15, 0.2) is 22.7 Å². The van der Waals surface area contributed by atoms with Gasteiger partial charge in [-0.2, -0.15) is 0 Å². The molecule has 1 aromatic carbocycles. The monoisotopic (exact) mass is 377 g/mol. The topological polar surface area (TPSA) is 21.3 Å². The summed E-state index contributed by atoms with van der Waals surface area (Å²) in [4.78, 5) is 2.46. The zero-order valence-electron chi connectivity index (χ0n) is 11.1. The summed E-state index contributed by atoms with van der Waals surface area (Å²) in [5.41, 5.74) is 1.11. The lowest BCUT2D eigenvalue weighted by Gasteiger charge is -2.08. The molecule has 0 unspecified atom stereocenters. The van der Waals surface area contributed by atoms with Gasteiger partial charge in [-0.05, 0) is 42.0 Å². The van der Waals surface area contributed by atoms with Gasteiger partial charge in [0, 0.05) is 27.9 Å². The molecule has 0 fully saturated rings. The van der Waals surface area contributed by atoms with Crippen molar-refractivity contribution in [2.75, 3.05) is 7.05 Å². The van der Waals surface area contributed by atoms with Crippen molar-refractivity contribution in [3.8, 4) is 5.75 Å². The number of halogens is 3. The second-order valence-corrected chi connectivity index (χ2v) is 6.91. The predicted octanol–water partition coefficient (Wildman–Crippen LogP) is 4.91. The van der Waals surface area contributed by atoms with Gasteiger partial charge in [-0.25, -0.2) is 4.39 Å². The van der Waals surface area contributed by atoms with Gasteiger partial charge in [0.25, 0.3) is 0 Å². The first-order valence-electron chi connectivity index (χ1n) is 6.01. The Bertz CT molecular complexity index is 617. The number of aryl methyl sites for hydroxylation is 1. The second-order valence-electron chi connectivity index (χ2n) is 4.31. The smallest absolute Gasteiger partial charge is 0.145 e. The van der Waals surface area contributed by atoms with E-state index in [9.17, 15) is 4.39 Å². The van der Waals surface area contributed by atoms with Crippen LogP contribution in [-0.2, 0) is 13.2 Å². The third kappa shape index (κ3) is 3.73. The lowest BCUT2D eigenvalue weighted by atomic mass is 10.2. The molecular weight excluding hydrogens is 365 g/mol. The third-order valence-corrected chi connectivity index (χ3v) is 4.78. The molecule has 2 aromatic rings. The molecule has 0 spiro atoms. The molecule has 0 bridgehead atoms. The standard InChI is InChI=1S/C14H14BrClFNOS/c1-8-9(3-10(20-8)6-18-2)7-19-14-5-13(17)12(16)4-11(14)15/h3-5,18H,6-7H2,1-2H3. The Morgan fingerprint density at radius 1 is 1.40 bits per heavy atom. The van der Waals surface area contributed by atoms with E-state index in [4.69, 9.17) is 16.3 Å². The van der Waals surface area contributed by atoms with Crippen LogP contribution in [-0.4, -0.2) is 7.05 Å².